The summed E-state index contributed by atoms with van der Waals surface area (Å²) in [7, 11) is 0. The van der Waals surface area contributed by atoms with Gasteiger partial charge in [0, 0.05) is 18.5 Å². The molecule has 1 saturated heterocycles. The average molecular weight is 256 g/mol. The number of carbonyl (C=O) groups excluding carboxylic acids is 1. The molecular weight excluding hydrogens is 228 g/mol. The predicted octanol–water partition coefficient (Wildman–Crippen LogP) is 2.54. The van der Waals surface area contributed by atoms with Gasteiger partial charge in [-0.15, -0.1) is 0 Å². The van der Waals surface area contributed by atoms with Crippen LogP contribution >= 0.6 is 0 Å². The quantitative estimate of drug-likeness (QED) is 0.798. The highest BCUT2D eigenvalue weighted by molar-refractivity contribution is 5.67. The first-order valence-electron chi connectivity index (χ1n) is 6.73. The third-order valence-electron chi connectivity index (χ3n) is 3.80. The van der Waals surface area contributed by atoms with E-state index < -0.39 is 5.60 Å². The van der Waals surface area contributed by atoms with Crippen LogP contribution in [0.2, 0.25) is 0 Å². The minimum Gasteiger partial charge on any atom is -0.444 e. The molecule has 106 valence electrons. The number of ether oxygens (including phenoxy) is 1. The van der Waals surface area contributed by atoms with Crippen LogP contribution in [0, 0.1) is 10.8 Å². The van der Waals surface area contributed by atoms with Crippen LogP contribution in [0.3, 0.4) is 0 Å². The van der Waals surface area contributed by atoms with E-state index in [0.717, 1.165) is 19.5 Å². The molecule has 4 heteroatoms. The van der Waals surface area contributed by atoms with Crippen LogP contribution in [-0.2, 0) is 4.74 Å². The van der Waals surface area contributed by atoms with Crippen molar-refractivity contribution in [1.29, 1.82) is 0 Å². The zero-order valence-electron chi connectivity index (χ0n) is 12.6. The molecule has 0 aliphatic carbocycles. The van der Waals surface area contributed by atoms with Gasteiger partial charge in [0.05, 0.1) is 0 Å². The Labute approximate surface area is 111 Å². The number of nitrogens with one attached hydrogen (secondary N) is 2. The minimum absolute atomic E-state index is 0.115. The molecule has 18 heavy (non-hydrogen) atoms. The first-order chi connectivity index (χ1) is 8.06. The zero-order valence-corrected chi connectivity index (χ0v) is 12.6. The van der Waals surface area contributed by atoms with E-state index in [2.05, 4.69) is 31.4 Å². The molecule has 0 saturated carbocycles. The zero-order chi connectivity index (χ0) is 14.0. The summed E-state index contributed by atoms with van der Waals surface area (Å²) < 4.78 is 5.28. The topological polar surface area (TPSA) is 50.4 Å². The monoisotopic (exact) mass is 256 g/mol. The molecular formula is C14H28N2O2. The second kappa shape index (κ2) is 5.08. The van der Waals surface area contributed by atoms with Gasteiger partial charge in [-0.2, -0.15) is 0 Å². The normalized spacial score (nSPS) is 25.0. The Morgan fingerprint density at radius 3 is 2.28 bits per heavy atom. The second-order valence-corrected chi connectivity index (χ2v) is 7.31. The lowest BCUT2D eigenvalue weighted by molar-refractivity contribution is 0.0437. The highest BCUT2D eigenvalue weighted by Crippen LogP contribution is 2.42. The molecule has 0 spiro atoms. The molecule has 1 atom stereocenters. The van der Waals surface area contributed by atoms with Crippen molar-refractivity contribution >= 4 is 6.09 Å². The number of rotatable bonds is 2. The van der Waals surface area contributed by atoms with Gasteiger partial charge in [-0.1, -0.05) is 20.8 Å². The maximum Gasteiger partial charge on any atom is 0.407 e. The van der Waals surface area contributed by atoms with Gasteiger partial charge in [0.2, 0.25) is 0 Å². The molecule has 1 heterocycles. The Balaban J connectivity index is 2.57. The van der Waals surface area contributed by atoms with Crippen molar-refractivity contribution in [2.75, 3.05) is 19.6 Å². The fraction of sp³-hybridized carbons (Fsp3) is 0.929. The largest absolute Gasteiger partial charge is 0.444 e. The van der Waals surface area contributed by atoms with Gasteiger partial charge in [0.1, 0.15) is 5.60 Å². The molecule has 2 N–H and O–H groups in total. The van der Waals surface area contributed by atoms with Gasteiger partial charge in [-0.3, -0.25) is 0 Å². The summed E-state index contributed by atoms with van der Waals surface area (Å²) in [4.78, 5) is 11.7. The van der Waals surface area contributed by atoms with Gasteiger partial charge in [-0.05, 0) is 39.2 Å². The van der Waals surface area contributed by atoms with Crippen LogP contribution in [0.1, 0.15) is 48.0 Å². The fourth-order valence-corrected chi connectivity index (χ4v) is 2.36. The Kier molecular flexibility index (Phi) is 4.31. The summed E-state index contributed by atoms with van der Waals surface area (Å²) in [6, 6.07) is 0. The maximum atomic E-state index is 11.7. The van der Waals surface area contributed by atoms with Gasteiger partial charge >= 0.3 is 6.09 Å². The number of amides is 1. The highest BCUT2D eigenvalue weighted by Gasteiger charge is 2.44. The second-order valence-electron chi connectivity index (χ2n) is 7.31. The lowest BCUT2D eigenvalue weighted by Crippen LogP contribution is -2.48. The molecule has 0 unspecified atom stereocenters. The van der Waals surface area contributed by atoms with Gasteiger partial charge < -0.3 is 15.4 Å². The number of alkyl carbamates (subject to hydrolysis) is 1. The molecule has 1 rings (SSSR count). The van der Waals surface area contributed by atoms with Crippen molar-refractivity contribution in [3.05, 3.63) is 0 Å². The van der Waals surface area contributed by atoms with E-state index in [1.54, 1.807) is 0 Å². The summed E-state index contributed by atoms with van der Waals surface area (Å²) in [6.45, 7) is 15.0. The standard InChI is InChI=1S/C14H28N2O2/c1-12(2,3)14(7-8-15-9-14)10-16-11(17)18-13(4,5)6/h15H,7-10H2,1-6H3,(H,16,17)/t14-/m0/s1. The Bertz CT molecular complexity index is 294. The molecule has 1 aliphatic rings. The lowest BCUT2D eigenvalue weighted by atomic mass is 9.66. The maximum absolute atomic E-state index is 11.7. The van der Waals surface area contributed by atoms with Gasteiger partial charge in [-0.25, -0.2) is 4.79 Å². The molecule has 1 fully saturated rings. The Morgan fingerprint density at radius 2 is 1.89 bits per heavy atom. The summed E-state index contributed by atoms with van der Waals surface area (Å²) in [5.74, 6) is 0. The predicted molar refractivity (Wildman–Crippen MR) is 73.6 cm³/mol. The lowest BCUT2D eigenvalue weighted by Gasteiger charge is -2.41. The van der Waals surface area contributed by atoms with E-state index in [1.807, 2.05) is 20.8 Å². The van der Waals surface area contributed by atoms with E-state index in [9.17, 15) is 4.79 Å². The molecule has 0 aromatic carbocycles. The summed E-state index contributed by atoms with van der Waals surface area (Å²) in [5.41, 5.74) is -0.164. The van der Waals surface area contributed by atoms with Crippen LogP contribution in [0.15, 0.2) is 0 Å². The summed E-state index contributed by atoms with van der Waals surface area (Å²) in [5, 5.41) is 6.33. The van der Waals surface area contributed by atoms with Crippen LogP contribution < -0.4 is 10.6 Å². The molecule has 4 nitrogen and oxygen atoms in total. The number of hydrogen-bond acceptors (Lipinski definition) is 3. The molecule has 1 amide bonds. The molecule has 0 aromatic heterocycles. The first kappa shape index (κ1) is 15.3. The minimum atomic E-state index is -0.438. The van der Waals surface area contributed by atoms with E-state index in [4.69, 9.17) is 4.74 Å². The molecule has 1 aliphatic heterocycles. The van der Waals surface area contributed by atoms with Crippen molar-refractivity contribution in [2.24, 2.45) is 10.8 Å². The third kappa shape index (κ3) is 3.87. The molecule has 0 radical (unpaired) electrons. The van der Waals surface area contributed by atoms with Crippen LogP contribution in [0.4, 0.5) is 4.79 Å². The van der Waals surface area contributed by atoms with E-state index in [-0.39, 0.29) is 16.9 Å². The highest BCUT2D eigenvalue weighted by atomic mass is 16.6. The van der Waals surface area contributed by atoms with E-state index >= 15 is 0 Å². The Morgan fingerprint density at radius 1 is 1.28 bits per heavy atom. The van der Waals surface area contributed by atoms with Crippen LogP contribution in [-0.4, -0.2) is 31.3 Å². The summed E-state index contributed by atoms with van der Waals surface area (Å²) in [6.07, 6.45) is 0.768. The summed E-state index contributed by atoms with van der Waals surface area (Å²) >= 11 is 0. The molecule has 0 bridgehead atoms. The van der Waals surface area contributed by atoms with Crippen molar-refractivity contribution in [1.82, 2.24) is 10.6 Å². The molecule has 0 aromatic rings. The number of hydrogen-bond donors (Lipinski definition) is 2. The third-order valence-corrected chi connectivity index (χ3v) is 3.80. The average Bonchev–Trinajstić information content (AvgIpc) is 2.60. The van der Waals surface area contributed by atoms with Crippen molar-refractivity contribution in [3.8, 4) is 0 Å². The van der Waals surface area contributed by atoms with Crippen LogP contribution in [0.25, 0.3) is 0 Å². The van der Waals surface area contributed by atoms with Crippen LogP contribution in [0.5, 0.6) is 0 Å². The van der Waals surface area contributed by atoms with E-state index in [0.29, 0.717) is 6.54 Å². The van der Waals surface area contributed by atoms with Gasteiger partial charge in [0.15, 0.2) is 0 Å². The first-order valence-corrected chi connectivity index (χ1v) is 6.73. The Hall–Kier alpha value is -0.770. The van der Waals surface area contributed by atoms with Crippen molar-refractivity contribution < 1.29 is 9.53 Å². The van der Waals surface area contributed by atoms with Crippen molar-refractivity contribution in [2.45, 2.75) is 53.6 Å². The fourth-order valence-electron chi connectivity index (χ4n) is 2.36. The smallest absolute Gasteiger partial charge is 0.407 e. The number of carbonyl (C=O) groups is 1. The van der Waals surface area contributed by atoms with Crippen molar-refractivity contribution in [3.63, 3.8) is 0 Å². The van der Waals surface area contributed by atoms with Gasteiger partial charge in [0.25, 0.3) is 0 Å². The van der Waals surface area contributed by atoms with E-state index in [1.165, 1.54) is 0 Å². The SMILES string of the molecule is CC(C)(C)OC(=O)NC[C@]1(C(C)(C)C)CCNC1.